The Balaban J connectivity index is 2.14. The van der Waals surface area contributed by atoms with E-state index in [9.17, 15) is 18.0 Å². The van der Waals surface area contributed by atoms with Gasteiger partial charge in [-0.3, -0.25) is 4.79 Å². The van der Waals surface area contributed by atoms with E-state index in [2.05, 4.69) is 4.74 Å². The zero-order chi connectivity index (χ0) is 15.6. The van der Waals surface area contributed by atoms with Crippen LogP contribution in [0.4, 0.5) is 18.9 Å². The lowest BCUT2D eigenvalue weighted by Crippen LogP contribution is -2.44. The SMILES string of the molecule is CC1CN(C(=O)c2ccc(OC(F)(F)F)c(N)c2)CCO1. The minimum Gasteiger partial charge on any atom is -0.404 e. The highest BCUT2D eigenvalue weighted by Gasteiger charge is 2.32. The third-order valence-electron chi connectivity index (χ3n) is 3.01. The first-order valence-corrected chi connectivity index (χ1v) is 6.32. The fourth-order valence-electron chi connectivity index (χ4n) is 2.08. The lowest BCUT2D eigenvalue weighted by molar-refractivity contribution is -0.274. The molecule has 2 N–H and O–H groups in total. The van der Waals surface area contributed by atoms with Gasteiger partial charge in [0.2, 0.25) is 0 Å². The number of amides is 1. The molecule has 116 valence electrons. The first-order valence-electron chi connectivity index (χ1n) is 6.32. The number of alkyl halides is 3. The van der Waals surface area contributed by atoms with E-state index in [1.807, 2.05) is 6.92 Å². The van der Waals surface area contributed by atoms with Crippen LogP contribution in [-0.2, 0) is 4.74 Å². The number of hydrogen-bond acceptors (Lipinski definition) is 4. The minimum absolute atomic E-state index is 0.0760. The van der Waals surface area contributed by atoms with Crippen LogP contribution in [0.1, 0.15) is 17.3 Å². The van der Waals surface area contributed by atoms with Crippen LogP contribution < -0.4 is 10.5 Å². The van der Waals surface area contributed by atoms with Gasteiger partial charge >= 0.3 is 6.36 Å². The first-order chi connectivity index (χ1) is 9.76. The van der Waals surface area contributed by atoms with E-state index in [0.29, 0.717) is 19.7 Å². The van der Waals surface area contributed by atoms with Crippen LogP contribution in [-0.4, -0.2) is 43.0 Å². The highest BCUT2D eigenvalue weighted by Crippen LogP contribution is 2.29. The molecule has 1 saturated heterocycles. The van der Waals surface area contributed by atoms with E-state index >= 15 is 0 Å². The summed E-state index contributed by atoms with van der Waals surface area (Å²) < 4.78 is 45.5. The number of ether oxygens (including phenoxy) is 2. The largest absolute Gasteiger partial charge is 0.573 e. The van der Waals surface area contributed by atoms with Crippen molar-refractivity contribution in [3.8, 4) is 5.75 Å². The molecule has 1 unspecified atom stereocenters. The molecule has 0 spiro atoms. The van der Waals surface area contributed by atoms with Gasteiger partial charge < -0.3 is 20.1 Å². The summed E-state index contributed by atoms with van der Waals surface area (Å²) >= 11 is 0. The summed E-state index contributed by atoms with van der Waals surface area (Å²) in [6.45, 7) is 3.13. The quantitative estimate of drug-likeness (QED) is 0.849. The number of halogens is 3. The predicted octanol–water partition coefficient (Wildman–Crippen LogP) is 2.03. The van der Waals surface area contributed by atoms with E-state index in [1.54, 1.807) is 4.90 Å². The fraction of sp³-hybridized carbons (Fsp3) is 0.462. The number of benzene rings is 1. The molecule has 1 aromatic carbocycles. The summed E-state index contributed by atoms with van der Waals surface area (Å²) in [7, 11) is 0. The van der Waals surface area contributed by atoms with Crippen LogP contribution in [0.25, 0.3) is 0 Å². The molecule has 1 heterocycles. The molecule has 1 amide bonds. The molecule has 0 saturated carbocycles. The van der Waals surface area contributed by atoms with Crippen LogP contribution in [0.15, 0.2) is 18.2 Å². The van der Waals surface area contributed by atoms with Gasteiger partial charge in [-0.1, -0.05) is 0 Å². The van der Waals surface area contributed by atoms with Gasteiger partial charge in [0.15, 0.2) is 5.75 Å². The number of nitrogens with zero attached hydrogens (tertiary/aromatic N) is 1. The van der Waals surface area contributed by atoms with Crippen LogP contribution in [0.2, 0.25) is 0 Å². The maximum atomic E-state index is 12.2. The van der Waals surface area contributed by atoms with Gasteiger partial charge in [-0.25, -0.2) is 0 Å². The second kappa shape index (κ2) is 5.80. The lowest BCUT2D eigenvalue weighted by Gasteiger charge is -2.31. The van der Waals surface area contributed by atoms with E-state index in [1.165, 1.54) is 12.1 Å². The highest BCUT2D eigenvalue weighted by molar-refractivity contribution is 5.95. The molecule has 0 aliphatic carbocycles. The minimum atomic E-state index is -4.82. The number of hydrogen-bond donors (Lipinski definition) is 1. The molecule has 5 nitrogen and oxygen atoms in total. The Morgan fingerprint density at radius 3 is 2.76 bits per heavy atom. The van der Waals surface area contributed by atoms with Gasteiger partial charge in [0.25, 0.3) is 5.91 Å². The molecular weight excluding hydrogens is 289 g/mol. The van der Waals surface area contributed by atoms with Crippen LogP contribution in [0.3, 0.4) is 0 Å². The molecule has 1 aliphatic rings. The van der Waals surface area contributed by atoms with E-state index in [-0.39, 0.29) is 23.3 Å². The number of nitrogen functional groups attached to an aromatic ring is 1. The summed E-state index contributed by atoms with van der Waals surface area (Å²) in [6.07, 6.45) is -4.90. The number of morpholine rings is 1. The van der Waals surface area contributed by atoms with Gasteiger partial charge in [-0.05, 0) is 25.1 Å². The summed E-state index contributed by atoms with van der Waals surface area (Å²) in [5.41, 5.74) is 5.48. The first kappa shape index (κ1) is 15.4. The van der Waals surface area contributed by atoms with Crippen LogP contribution >= 0.6 is 0 Å². The maximum Gasteiger partial charge on any atom is 0.573 e. The van der Waals surface area contributed by atoms with Crippen LogP contribution in [0.5, 0.6) is 5.75 Å². The topological polar surface area (TPSA) is 64.8 Å². The Bertz CT molecular complexity index is 534. The van der Waals surface area contributed by atoms with E-state index < -0.39 is 12.1 Å². The van der Waals surface area contributed by atoms with Crippen molar-refractivity contribution in [2.75, 3.05) is 25.4 Å². The van der Waals surface area contributed by atoms with Crippen molar-refractivity contribution >= 4 is 11.6 Å². The van der Waals surface area contributed by atoms with Crippen molar-refractivity contribution in [3.63, 3.8) is 0 Å². The molecule has 1 fully saturated rings. The Labute approximate surface area is 119 Å². The third kappa shape index (κ3) is 4.01. The second-order valence-corrected chi connectivity index (χ2v) is 4.73. The van der Waals surface area contributed by atoms with Gasteiger partial charge in [0.05, 0.1) is 18.4 Å². The molecule has 0 aromatic heterocycles. The Hall–Kier alpha value is -1.96. The zero-order valence-electron chi connectivity index (χ0n) is 11.3. The number of anilines is 1. The maximum absolute atomic E-state index is 12.2. The fourth-order valence-corrected chi connectivity index (χ4v) is 2.08. The number of carbonyl (C=O) groups excluding carboxylic acids is 1. The second-order valence-electron chi connectivity index (χ2n) is 4.73. The third-order valence-corrected chi connectivity index (χ3v) is 3.01. The van der Waals surface area contributed by atoms with Crippen molar-refractivity contribution in [3.05, 3.63) is 23.8 Å². The van der Waals surface area contributed by atoms with Crippen molar-refractivity contribution in [1.29, 1.82) is 0 Å². The zero-order valence-corrected chi connectivity index (χ0v) is 11.3. The standard InChI is InChI=1S/C13H15F3N2O3/c1-8-7-18(4-5-20-8)12(19)9-2-3-11(10(17)6-9)21-13(14,15)16/h2-3,6,8H,4-5,7,17H2,1H3. The predicted molar refractivity (Wildman–Crippen MR) is 68.9 cm³/mol. The Morgan fingerprint density at radius 2 is 2.19 bits per heavy atom. The normalized spacial score (nSPS) is 19.4. The lowest BCUT2D eigenvalue weighted by atomic mass is 10.1. The smallest absolute Gasteiger partial charge is 0.404 e. The number of carbonyl (C=O) groups is 1. The van der Waals surface area contributed by atoms with Gasteiger partial charge in [-0.2, -0.15) is 0 Å². The van der Waals surface area contributed by atoms with E-state index in [4.69, 9.17) is 10.5 Å². The summed E-state index contributed by atoms with van der Waals surface area (Å²) in [5, 5.41) is 0. The molecule has 8 heteroatoms. The monoisotopic (exact) mass is 304 g/mol. The Kier molecular flexibility index (Phi) is 4.26. The molecule has 0 bridgehead atoms. The average Bonchev–Trinajstić information content (AvgIpc) is 2.39. The number of rotatable bonds is 2. The molecule has 21 heavy (non-hydrogen) atoms. The van der Waals surface area contributed by atoms with Gasteiger partial charge in [0, 0.05) is 18.7 Å². The van der Waals surface area contributed by atoms with Crippen molar-refractivity contribution < 1.29 is 27.4 Å². The summed E-state index contributed by atoms with van der Waals surface area (Å²) in [4.78, 5) is 13.8. The van der Waals surface area contributed by atoms with Crippen molar-refractivity contribution in [1.82, 2.24) is 4.90 Å². The molecule has 1 atom stereocenters. The number of nitrogens with two attached hydrogens (primary N) is 1. The molecule has 0 radical (unpaired) electrons. The summed E-state index contributed by atoms with van der Waals surface area (Å²) in [6, 6.07) is 3.49. The van der Waals surface area contributed by atoms with E-state index in [0.717, 1.165) is 6.07 Å². The Morgan fingerprint density at radius 1 is 1.48 bits per heavy atom. The molecule has 1 aromatic rings. The molecular formula is C13H15F3N2O3. The van der Waals surface area contributed by atoms with Gasteiger partial charge in [-0.15, -0.1) is 13.2 Å². The summed E-state index contributed by atoms with van der Waals surface area (Å²) in [5.74, 6) is -0.815. The van der Waals surface area contributed by atoms with Crippen molar-refractivity contribution in [2.45, 2.75) is 19.4 Å². The van der Waals surface area contributed by atoms with Crippen LogP contribution in [0, 0.1) is 0 Å². The van der Waals surface area contributed by atoms with Gasteiger partial charge in [0.1, 0.15) is 0 Å². The molecule has 2 rings (SSSR count). The molecule has 1 aliphatic heterocycles. The average molecular weight is 304 g/mol. The van der Waals surface area contributed by atoms with Crippen molar-refractivity contribution in [2.24, 2.45) is 0 Å². The highest BCUT2D eigenvalue weighted by atomic mass is 19.4.